The molecule has 3 rings (SSSR count). The lowest BCUT2D eigenvalue weighted by Crippen LogP contribution is -2.64. The largest absolute Gasteiger partial charge is 0.478 e. The first-order valence-corrected chi connectivity index (χ1v) is 11.5. The number of aliphatic carboxylic acids is 1. The number of ether oxygens (including phenoxy) is 1. The molecule has 1 aliphatic heterocycles. The van der Waals surface area contributed by atoms with Crippen molar-refractivity contribution in [1.29, 1.82) is 0 Å². The minimum absolute atomic E-state index is 0.0837. The summed E-state index contributed by atoms with van der Waals surface area (Å²) in [7, 11) is -4.16. The lowest BCUT2D eigenvalue weighted by Gasteiger charge is -2.40. The Bertz CT molecular complexity index is 989. The quantitative estimate of drug-likeness (QED) is 0.253. The van der Waals surface area contributed by atoms with Gasteiger partial charge in [-0.25, -0.2) is 17.9 Å². The van der Waals surface area contributed by atoms with E-state index in [0.717, 1.165) is 11.6 Å². The van der Waals surface area contributed by atoms with Gasteiger partial charge in [-0.15, -0.1) is 0 Å². The molecule has 1 fully saturated rings. The van der Waals surface area contributed by atoms with Crippen molar-refractivity contribution in [1.82, 2.24) is 10.0 Å². The average Bonchev–Trinajstić information content (AvgIpc) is 3.59. The summed E-state index contributed by atoms with van der Waals surface area (Å²) < 4.78 is 33.5. The molecule has 176 valence electrons. The number of aryl methyl sites for hydroxylation is 1. The topological polar surface area (TPSA) is 182 Å². The second-order valence-corrected chi connectivity index (χ2v) is 9.64. The fourth-order valence-corrected chi connectivity index (χ4v) is 4.54. The standard InChI is InChI=1S/C20H26N2O9S/c1-10-2-6-12(7-3-10)32(29,30)22-13-8-15(20(27)28)31-18(17(25)14(24)9-23)16(13)21-19(26)11-4-5-11/h2-3,6-8,11,13-14,16-18,22-25H,4-5,9H2,1H3,(H,21,26)(H,27,28)/t13-,14?,16+,17+,18+/m0/s1. The van der Waals surface area contributed by atoms with Crippen LogP contribution in [0, 0.1) is 12.8 Å². The van der Waals surface area contributed by atoms with Crippen LogP contribution in [0.1, 0.15) is 18.4 Å². The van der Waals surface area contributed by atoms with Crippen LogP contribution < -0.4 is 10.0 Å². The van der Waals surface area contributed by atoms with Gasteiger partial charge < -0.3 is 30.5 Å². The molecule has 12 heteroatoms. The summed E-state index contributed by atoms with van der Waals surface area (Å²) in [6, 6.07) is 3.34. The molecule has 1 aromatic carbocycles. The maximum Gasteiger partial charge on any atom is 0.370 e. The molecule has 0 aromatic heterocycles. The minimum atomic E-state index is -4.16. The highest BCUT2D eigenvalue weighted by atomic mass is 32.2. The Labute approximate surface area is 184 Å². The zero-order valence-electron chi connectivity index (χ0n) is 17.2. The number of aliphatic hydroxyl groups excluding tert-OH is 3. The Kier molecular flexibility index (Phi) is 7.20. The number of aliphatic hydroxyl groups is 3. The van der Waals surface area contributed by atoms with Crippen molar-refractivity contribution >= 4 is 21.9 Å². The molecule has 6 N–H and O–H groups in total. The van der Waals surface area contributed by atoms with E-state index in [1.165, 1.54) is 12.1 Å². The predicted octanol–water partition coefficient (Wildman–Crippen LogP) is -1.38. The average molecular weight is 471 g/mol. The lowest BCUT2D eigenvalue weighted by molar-refractivity contribution is -0.146. The van der Waals surface area contributed by atoms with Gasteiger partial charge in [0.25, 0.3) is 0 Å². The van der Waals surface area contributed by atoms with Gasteiger partial charge in [0.05, 0.1) is 23.6 Å². The number of rotatable bonds is 9. The van der Waals surface area contributed by atoms with Gasteiger partial charge in [-0.2, -0.15) is 0 Å². The number of benzene rings is 1. The molecule has 0 spiro atoms. The summed E-state index contributed by atoms with van der Waals surface area (Å²) in [6.45, 7) is 0.919. The number of carbonyl (C=O) groups excluding carboxylic acids is 1. The van der Waals surface area contributed by atoms with Gasteiger partial charge in [0.2, 0.25) is 21.7 Å². The number of sulfonamides is 1. The smallest absolute Gasteiger partial charge is 0.370 e. The van der Waals surface area contributed by atoms with E-state index in [-0.39, 0.29) is 10.8 Å². The highest BCUT2D eigenvalue weighted by Gasteiger charge is 2.46. The zero-order chi connectivity index (χ0) is 23.6. The molecule has 0 bridgehead atoms. The van der Waals surface area contributed by atoms with Crippen molar-refractivity contribution in [3.05, 3.63) is 41.7 Å². The Balaban J connectivity index is 1.98. The van der Waals surface area contributed by atoms with E-state index < -0.39 is 64.7 Å². The number of hydrogen-bond donors (Lipinski definition) is 6. The van der Waals surface area contributed by atoms with E-state index in [2.05, 4.69) is 10.0 Å². The summed E-state index contributed by atoms with van der Waals surface area (Å²) >= 11 is 0. The molecule has 0 radical (unpaired) electrons. The third kappa shape index (κ3) is 5.45. The van der Waals surface area contributed by atoms with Crippen molar-refractivity contribution in [3.8, 4) is 0 Å². The van der Waals surface area contributed by atoms with Gasteiger partial charge in [0, 0.05) is 5.92 Å². The van der Waals surface area contributed by atoms with E-state index in [1.54, 1.807) is 19.1 Å². The molecule has 1 amide bonds. The number of hydrogen-bond acceptors (Lipinski definition) is 8. The number of carboxylic acids is 1. The van der Waals surface area contributed by atoms with Crippen molar-refractivity contribution < 1.29 is 43.2 Å². The Hall–Kier alpha value is -2.51. The lowest BCUT2D eigenvalue weighted by atomic mass is 9.92. The Morgan fingerprint density at radius 2 is 1.81 bits per heavy atom. The first-order chi connectivity index (χ1) is 15.0. The summed E-state index contributed by atoms with van der Waals surface area (Å²) in [4.78, 5) is 23.9. The van der Waals surface area contributed by atoms with Gasteiger partial charge in [0.1, 0.15) is 18.3 Å². The predicted molar refractivity (Wildman–Crippen MR) is 110 cm³/mol. The molecule has 1 heterocycles. The van der Waals surface area contributed by atoms with E-state index in [0.29, 0.717) is 12.8 Å². The van der Waals surface area contributed by atoms with E-state index in [1.807, 2.05) is 0 Å². The van der Waals surface area contributed by atoms with Gasteiger partial charge in [-0.05, 0) is 38.0 Å². The SMILES string of the molecule is Cc1ccc(S(=O)(=O)N[C@H]2C=C(C(=O)O)O[C@@H]([C@H](O)C(O)CO)[C@@H]2NC(=O)C2CC2)cc1. The van der Waals surface area contributed by atoms with Crippen LogP contribution in [-0.2, 0) is 24.3 Å². The monoisotopic (exact) mass is 470 g/mol. The summed E-state index contributed by atoms with van der Waals surface area (Å²) in [5, 5.41) is 41.6. The van der Waals surface area contributed by atoms with Gasteiger partial charge in [0.15, 0.2) is 0 Å². The van der Waals surface area contributed by atoms with E-state index in [4.69, 9.17) is 4.74 Å². The third-order valence-electron chi connectivity index (χ3n) is 5.34. The molecule has 5 atom stereocenters. The molecular weight excluding hydrogens is 444 g/mol. The first-order valence-electron chi connectivity index (χ1n) is 10.0. The molecule has 1 aromatic rings. The van der Waals surface area contributed by atoms with E-state index >= 15 is 0 Å². The normalized spacial score (nSPS) is 25.2. The minimum Gasteiger partial charge on any atom is -0.478 e. The van der Waals surface area contributed by atoms with Crippen LogP contribution in [0.5, 0.6) is 0 Å². The highest BCUT2D eigenvalue weighted by Crippen LogP contribution is 2.31. The van der Waals surface area contributed by atoms with Crippen molar-refractivity contribution in [3.63, 3.8) is 0 Å². The molecule has 11 nitrogen and oxygen atoms in total. The fraction of sp³-hybridized carbons (Fsp3) is 0.500. The van der Waals surface area contributed by atoms with Crippen molar-refractivity contribution in [2.75, 3.05) is 6.61 Å². The van der Waals surface area contributed by atoms with Gasteiger partial charge >= 0.3 is 5.97 Å². The maximum atomic E-state index is 12.9. The van der Waals surface area contributed by atoms with Crippen molar-refractivity contribution in [2.24, 2.45) is 5.92 Å². The highest BCUT2D eigenvalue weighted by molar-refractivity contribution is 7.89. The molecule has 1 saturated carbocycles. The van der Waals surface area contributed by atoms with Gasteiger partial charge in [-0.1, -0.05) is 17.7 Å². The summed E-state index contributed by atoms with van der Waals surface area (Å²) in [5.41, 5.74) is 0.832. The van der Waals surface area contributed by atoms with Crippen LogP contribution in [0.25, 0.3) is 0 Å². The van der Waals surface area contributed by atoms with E-state index in [9.17, 15) is 38.4 Å². The Morgan fingerprint density at radius 3 is 2.34 bits per heavy atom. The number of carbonyl (C=O) groups is 2. The first kappa shape index (κ1) is 24.1. The van der Waals surface area contributed by atoms with Crippen LogP contribution in [0.15, 0.2) is 41.0 Å². The van der Waals surface area contributed by atoms with Crippen LogP contribution in [-0.4, -0.2) is 77.7 Å². The van der Waals surface area contributed by atoms with Crippen LogP contribution in [0.3, 0.4) is 0 Å². The fourth-order valence-electron chi connectivity index (χ4n) is 3.33. The zero-order valence-corrected chi connectivity index (χ0v) is 18.0. The maximum absolute atomic E-state index is 12.9. The third-order valence-corrected chi connectivity index (χ3v) is 6.82. The number of carboxylic acid groups (broad SMARTS) is 1. The summed E-state index contributed by atoms with van der Waals surface area (Å²) in [5.74, 6) is -2.91. The molecule has 2 aliphatic rings. The molecule has 0 saturated heterocycles. The van der Waals surface area contributed by atoms with Crippen molar-refractivity contribution in [2.45, 2.75) is 55.1 Å². The van der Waals surface area contributed by atoms with Crippen LogP contribution in [0.2, 0.25) is 0 Å². The number of nitrogens with one attached hydrogen (secondary N) is 2. The molecule has 1 unspecified atom stereocenters. The molecular formula is C20H26N2O9S. The second-order valence-electron chi connectivity index (χ2n) is 7.93. The van der Waals surface area contributed by atoms with Crippen LogP contribution >= 0.6 is 0 Å². The second kappa shape index (κ2) is 9.55. The number of amides is 1. The van der Waals surface area contributed by atoms with Gasteiger partial charge in [-0.3, -0.25) is 4.79 Å². The Morgan fingerprint density at radius 1 is 1.19 bits per heavy atom. The molecule has 32 heavy (non-hydrogen) atoms. The molecule has 1 aliphatic carbocycles. The van der Waals surface area contributed by atoms with Crippen LogP contribution in [0.4, 0.5) is 0 Å². The summed E-state index contributed by atoms with van der Waals surface area (Å²) in [6.07, 6.45) is -2.83.